The third kappa shape index (κ3) is 3.87. The van der Waals surface area contributed by atoms with E-state index < -0.39 is 0 Å². The average Bonchev–Trinajstić information content (AvgIpc) is 2.62. The number of hydrogen-bond acceptors (Lipinski definition) is 3. The molecule has 3 N–H and O–H groups in total. The molecule has 0 aromatic heterocycles. The average molecular weight is 213 g/mol. The maximum Gasteiger partial charge on any atom is 0.225 e. The van der Waals surface area contributed by atoms with Crippen molar-refractivity contribution in [2.24, 2.45) is 11.8 Å². The lowest BCUT2D eigenvalue weighted by molar-refractivity contribution is -0.126. The molecule has 15 heavy (non-hydrogen) atoms. The van der Waals surface area contributed by atoms with E-state index in [1.807, 2.05) is 7.05 Å². The van der Waals surface area contributed by atoms with Crippen LogP contribution in [0.2, 0.25) is 0 Å². The standard InChI is InChI=1S/C10H19N3O2/c1-7(4-11-2)5-13-10(15)8-3-9(14)12-6-8/h7-8,11H,3-6H2,1-2H3,(H,12,14)(H,13,15). The van der Waals surface area contributed by atoms with Gasteiger partial charge in [-0.2, -0.15) is 0 Å². The minimum atomic E-state index is -0.181. The molecule has 0 saturated carbocycles. The fraction of sp³-hybridized carbons (Fsp3) is 0.800. The fourth-order valence-electron chi connectivity index (χ4n) is 1.63. The molecule has 0 aromatic carbocycles. The number of carbonyl (C=O) groups is 2. The number of amides is 2. The van der Waals surface area contributed by atoms with Gasteiger partial charge < -0.3 is 16.0 Å². The Morgan fingerprint density at radius 2 is 2.33 bits per heavy atom. The second kappa shape index (κ2) is 5.70. The highest BCUT2D eigenvalue weighted by molar-refractivity contribution is 5.89. The van der Waals surface area contributed by atoms with E-state index in [2.05, 4.69) is 22.9 Å². The molecule has 1 aliphatic heterocycles. The maximum absolute atomic E-state index is 11.6. The second-order valence-electron chi connectivity index (χ2n) is 4.11. The molecule has 5 heteroatoms. The van der Waals surface area contributed by atoms with Gasteiger partial charge in [-0.15, -0.1) is 0 Å². The van der Waals surface area contributed by atoms with Gasteiger partial charge in [0.1, 0.15) is 0 Å². The van der Waals surface area contributed by atoms with Gasteiger partial charge in [0.15, 0.2) is 0 Å². The zero-order valence-electron chi connectivity index (χ0n) is 9.30. The molecule has 5 nitrogen and oxygen atoms in total. The van der Waals surface area contributed by atoms with E-state index in [4.69, 9.17) is 0 Å². The van der Waals surface area contributed by atoms with E-state index in [0.717, 1.165) is 6.54 Å². The number of rotatable bonds is 5. The number of hydrogen-bond donors (Lipinski definition) is 3. The normalized spacial score (nSPS) is 22.3. The van der Waals surface area contributed by atoms with Crippen LogP contribution in [0.25, 0.3) is 0 Å². The summed E-state index contributed by atoms with van der Waals surface area (Å²) in [7, 11) is 1.89. The van der Waals surface area contributed by atoms with Crippen LogP contribution in [0.4, 0.5) is 0 Å². The largest absolute Gasteiger partial charge is 0.355 e. The first kappa shape index (κ1) is 12.0. The molecule has 1 saturated heterocycles. The summed E-state index contributed by atoms with van der Waals surface area (Å²) in [5, 5.41) is 8.56. The van der Waals surface area contributed by atoms with Crippen molar-refractivity contribution >= 4 is 11.8 Å². The van der Waals surface area contributed by atoms with Crippen molar-refractivity contribution < 1.29 is 9.59 Å². The second-order valence-corrected chi connectivity index (χ2v) is 4.11. The van der Waals surface area contributed by atoms with E-state index >= 15 is 0 Å². The molecule has 86 valence electrons. The predicted molar refractivity (Wildman–Crippen MR) is 57.2 cm³/mol. The summed E-state index contributed by atoms with van der Waals surface area (Å²) in [5.41, 5.74) is 0. The Hall–Kier alpha value is -1.10. The van der Waals surface area contributed by atoms with Crippen molar-refractivity contribution in [3.05, 3.63) is 0 Å². The molecular weight excluding hydrogens is 194 g/mol. The molecule has 1 heterocycles. The van der Waals surface area contributed by atoms with Crippen molar-refractivity contribution in [1.82, 2.24) is 16.0 Å². The molecule has 0 aromatic rings. The minimum absolute atomic E-state index is 0.0173. The quantitative estimate of drug-likeness (QED) is 0.554. The number of carbonyl (C=O) groups excluding carboxylic acids is 2. The molecule has 0 bridgehead atoms. The summed E-state index contributed by atoms with van der Waals surface area (Å²) in [6, 6.07) is 0. The minimum Gasteiger partial charge on any atom is -0.355 e. The van der Waals surface area contributed by atoms with Gasteiger partial charge >= 0.3 is 0 Å². The summed E-state index contributed by atoms with van der Waals surface area (Å²) in [4.78, 5) is 22.5. The molecule has 0 spiro atoms. The van der Waals surface area contributed by atoms with E-state index in [-0.39, 0.29) is 17.7 Å². The molecule has 2 atom stereocenters. The zero-order chi connectivity index (χ0) is 11.3. The third-order valence-electron chi connectivity index (χ3n) is 2.53. The molecule has 2 amide bonds. The van der Waals surface area contributed by atoms with Crippen molar-refractivity contribution in [2.45, 2.75) is 13.3 Å². The Morgan fingerprint density at radius 3 is 2.87 bits per heavy atom. The first-order valence-electron chi connectivity index (χ1n) is 5.32. The Bertz CT molecular complexity index is 243. The predicted octanol–water partition coefficient (Wildman–Crippen LogP) is -0.906. The van der Waals surface area contributed by atoms with Gasteiger partial charge in [-0.05, 0) is 19.5 Å². The molecule has 1 fully saturated rings. The van der Waals surface area contributed by atoms with E-state index in [0.29, 0.717) is 25.4 Å². The highest BCUT2D eigenvalue weighted by Gasteiger charge is 2.27. The lowest BCUT2D eigenvalue weighted by atomic mass is 10.1. The maximum atomic E-state index is 11.6. The molecule has 1 rings (SSSR count). The van der Waals surface area contributed by atoms with Crippen LogP contribution in [-0.2, 0) is 9.59 Å². The van der Waals surface area contributed by atoms with Crippen LogP contribution < -0.4 is 16.0 Å². The van der Waals surface area contributed by atoms with Gasteiger partial charge in [0.2, 0.25) is 11.8 Å². The van der Waals surface area contributed by atoms with Crippen LogP contribution >= 0.6 is 0 Å². The van der Waals surface area contributed by atoms with Gasteiger partial charge in [-0.3, -0.25) is 9.59 Å². The summed E-state index contributed by atoms with van der Waals surface area (Å²) in [6.45, 7) is 4.08. The van der Waals surface area contributed by atoms with Crippen LogP contribution in [0.15, 0.2) is 0 Å². The molecular formula is C10H19N3O2. The Labute approximate surface area is 90.0 Å². The van der Waals surface area contributed by atoms with Crippen LogP contribution in [0.5, 0.6) is 0 Å². The number of nitrogens with one attached hydrogen (secondary N) is 3. The molecule has 2 unspecified atom stereocenters. The lowest BCUT2D eigenvalue weighted by Gasteiger charge is -2.13. The van der Waals surface area contributed by atoms with Crippen molar-refractivity contribution in [3.8, 4) is 0 Å². The van der Waals surface area contributed by atoms with Crippen LogP contribution in [0.3, 0.4) is 0 Å². The Morgan fingerprint density at radius 1 is 1.60 bits per heavy atom. The van der Waals surface area contributed by atoms with Crippen LogP contribution in [0, 0.1) is 11.8 Å². The Kier molecular flexibility index (Phi) is 4.55. The highest BCUT2D eigenvalue weighted by atomic mass is 16.2. The van der Waals surface area contributed by atoms with Gasteiger partial charge in [0, 0.05) is 19.5 Å². The molecule has 0 radical (unpaired) electrons. The topological polar surface area (TPSA) is 70.2 Å². The van der Waals surface area contributed by atoms with Gasteiger partial charge in [-0.25, -0.2) is 0 Å². The van der Waals surface area contributed by atoms with E-state index in [1.165, 1.54) is 0 Å². The van der Waals surface area contributed by atoms with Gasteiger partial charge in [-0.1, -0.05) is 6.92 Å². The SMILES string of the molecule is CNCC(C)CNC(=O)C1CNC(=O)C1. The summed E-state index contributed by atoms with van der Waals surface area (Å²) >= 11 is 0. The summed E-state index contributed by atoms with van der Waals surface area (Å²) in [6.07, 6.45) is 0.326. The first-order chi connectivity index (χ1) is 7.13. The van der Waals surface area contributed by atoms with Crippen LogP contribution in [0.1, 0.15) is 13.3 Å². The monoisotopic (exact) mass is 213 g/mol. The van der Waals surface area contributed by atoms with Crippen molar-refractivity contribution in [3.63, 3.8) is 0 Å². The van der Waals surface area contributed by atoms with Gasteiger partial charge in [0.05, 0.1) is 5.92 Å². The van der Waals surface area contributed by atoms with Gasteiger partial charge in [0.25, 0.3) is 0 Å². The van der Waals surface area contributed by atoms with E-state index in [1.54, 1.807) is 0 Å². The third-order valence-corrected chi connectivity index (χ3v) is 2.53. The van der Waals surface area contributed by atoms with Crippen molar-refractivity contribution in [2.75, 3.05) is 26.7 Å². The van der Waals surface area contributed by atoms with E-state index in [9.17, 15) is 9.59 Å². The molecule has 0 aliphatic carbocycles. The fourth-order valence-corrected chi connectivity index (χ4v) is 1.63. The van der Waals surface area contributed by atoms with Crippen molar-refractivity contribution in [1.29, 1.82) is 0 Å². The first-order valence-corrected chi connectivity index (χ1v) is 5.32. The smallest absolute Gasteiger partial charge is 0.225 e. The summed E-state index contributed by atoms with van der Waals surface area (Å²) in [5.74, 6) is 0.179. The lowest BCUT2D eigenvalue weighted by Crippen LogP contribution is -2.36. The Balaban J connectivity index is 2.21. The summed E-state index contributed by atoms with van der Waals surface area (Å²) < 4.78 is 0. The zero-order valence-corrected chi connectivity index (χ0v) is 9.30. The van der Waals surface area contributed by atoms with Crippen LogP contribution in [-0.4, -0.2) is 38.5 Å². The highest BCUT2D eigenvalue weighted by Crippen LogP contribution is 2.08. The molecule has 1 aliphatic rings.